The van der Waals surface area contributed by atoms with E-state index in [2.05, 4.69) is 0 Å². The number of ether oxygens (including phenoxy) is 1. The average Bonchev–Trinajstić information content (AvgIpc) is 2.50. The van der Waals surface area contributed by atoms with Gasteiger partial charge in [-0.3, -0.25) is 0 Å². The van der Waals surface area contributed by atoms with Crippen LogP contribution in [0.4, 0.5) is 0 Å². The molecule has 0 aromatic heterocycles. The summed E-state index contributed by atoms with van der Waals surface area (Å²) in [7, 11) is 0. The summed E-state index contributed by atoms with van der Waals surface area (Å²) < 4.78 is 5.49. The van der Waals surface area contributed by atoms with Gasteiger partial charge < -0.3 is 15.6 Å². The quantitative estimate of drug-likeness (QED) is 0.626. The molecule has 3 N–H and O–H groups in total. The second kappa shape index (κ2) is 4.30. The third-order valence-corrected chi connectivity index (χ3v) is 3.16. The molecule has 0 amide bonds. The van der Waals surface area contributed by atoms with Crippen molar-refractivity contribution in [3.05, 3.63) is 0 Å². The van der Waals surface area contributed by atoms with Crippen molar-refractivity contribution in [2.45, 2.75) is 12.0 Å². The first-order valence-corrected chi connectivity index (χ1v) is 5.01. The molecule has 1 atom stereocenters. The number of rotatable bonds is 4. The van der Waals surface area contributed by atoms with Gasteiger partial charge in [0.2, 0.25) is 0 Å². The minimum atomic E-state index is -0.132. The van der Waals surface area contributed by atoms with Crippen molar-refractivity contribution in [2.24, 2.45) is 5.73 Å². The topological polar surface area (TPSA) is 55.5 Å². The molecule has 1 saturated heterocycles. The Balaban J connectivity index is 2.33. The SMILES string of the molecule is NCC1(OCCO)CCSC1. The highest BCUT2D eigenvalue weighted by Gasteiger charge is 2.33. The van der Waals surface area contributed by atoms with Crippen LogP contribution in [0.15, 0.2) is 0 Å². The summed E-state index contributed by atoms with van der Waals surface area (Å²) in [6.07, 6.45) is 1.02. The fourth-order valence-electron chi connectivity index (χ4n) is 1.18. The van der Waals surface area contributed by atoms with Gasteiger partial charge in [-0.05, 0) is 12.2 Å². The van der Waals surface area contributed by atoms with Crippen molar-refractivity contribution in [3.63, 3.8) is 0 Å². The summed E-state index contributed by atoms with van der Waals surface area (Å²) in [4.78, 5) is 0. The largest absolute Gasteiger partial charge is 0.394 e. The highest BCUT2D eigenvalue weighted by molar-refractivity contribution is 7.99. The van der Waals surface area contributed by atoms with Crippen LogP contribution in [-0.4, -0.2) is 42.0 Å². The highest BCUT2D eigenvalue weighted by Crippen LogP contribution is 2.30. The maximum atomic E-state index is 8.56. The molecule has 0 aromatic carbocycles. The predicted molar refractivity (Wildman–Crippen MR) is 46.8 cm³/mol. The summed E-state index contributed by atoms with van der Waals surface area (Å²) in [5, 5.41) is 8.56. The number of nitrogens with two attached hydrogens (primary N) is 1. The fourth-order valence-corrected chi connectivity index (χ4v) is 2.56. The van der Waals surface area contributed by atoms with E-state index in [9.17, 15) is 0 Å². The van der Waals surface area contributed by atoms with Crippen LogP contribution >= 0.6 is 11.8 Å². The molecule has 1 heterocycles. The monoisotopic (exact) mass is 177 g/mol. The van der Waals surface area contributed by atoms with E-state index in [0.29, 0.717) is 13.2 Å². The lowest BCUT2D eigenvalue weighted by Gasteiger charge is -2.26. The van der Waals surface area contributed by atoms with Crippen LogP contribution in [-0.2, 0) is 4.74 Å². The normalized spacial score (nSPS) is 31.1. The van der Waals surface area contributed by atoms with E-state index in [1.807, 2.05) is 11.8 Å². The first-order chi connectivity index (χ1) is 5.33. The van der Waals surface area contributed by atoms with Gasteiger partial charge in [0.25, 0.3) is 0 Å². The molecule has 1 unspecified atom stereocenters. The number of hydrogen-bond acceptors (Lipinski definition) is 4. The molecular weight excluding hydrogens is 162 g/mol. The minimum absolute atomic E-state index is 0.0897. The van der Waals surface area contributed by atoms with Crippen molar-refractivity contribution >= 4 is 11.8 Å². The van der Waals surface area contributed by atoms with Gasteiger partial charge in [0.1, 0.15) is 0 Å². The lowest BCUT2D eigenvalue weighted by Crippen LogP contribution is -2.41. The van der Waals surface area contributed by atoms with Crippen LogP contribution in [0.25, 0.3) is 0 Å². The van der Waals surface area contributed by atoms with Crippen molar-refractivity contribution in [1.29, 1.82) is 0 Å². The van der Waals surface area contributed by atoms with Gasteiger partial charge in [-0.1, -0.05) is 0 Å². The molecule has 0 spiro atoms. The van der Waals surface area contributed by atoms with E-state index in [4.69, 9.17) is 15.6 Å². The van der Waals surface area contributed by atoms with E-state index in [1.165, 1.54) is 0 Å². The van der Waals surface area contributed by atoms with E-state index in [1.54, 1.807) is 0 Å². The van der Waals surface area contributed by atoms with Gasteiger partial charge in [-0.15, -0.1) is 0 Å². The maximum Gasteiger partial charge on any atom is 0.0902 e. The lowest BCUT2D eigenvalue weighted by molar-refractivity contribution is -0.0337. The first kappa shape index (κ1) is 9.32. The van der Waals surface area contributed by atoms with Gasteiger partial charge in [-0.25, -0.2) is 0 Å². The summed E-state index contributed by atoms with van der Waals surface area (Å²) in [5.74, 6) is 2.10. The number of hydrogen-bond donors (Lipinski definition) is 2. The molecule has 4 heteroatoms. The fraction of sp³-hybridized carbons (Fsp3) is 1.00. The Kier molecular flexibility index (Phi) is 3.65. The molecule has 0 saturated carbocycles. The molecular formula is C7H15NO2S. The number of aliphatic hydroxyl groups is 1. The molecule has 1 rings (SSSR count). The molecule has 0 aliphatic carbocycles. The Hall–Kier alpha value is 0.230. The van der Waals surface area contributed by atoms with E-state index >= 15 is 0 Å². The minimum Gasteiger partial charge on any atom is -0.394 e. The maximum absolute atomic E-state index is 8.56. The zero-order valence-electron chi connectivity index (χ0n) is 6.58. The van der Waals surface area contributed by atoms with Gasteiger partial charge in [0, 0.05) is 12.3 Å². The summed E-state index contributed by atoms with van der Waals surface area (Å²) in [6, 6.07) is 0. The summed E-state index contributed by atoms with van der Waals surface area (Å²) in [6.45, 7) is 1.07. The second-order valence-corrected chi connectivity index (χ2v) is 3.87. The molecule has 0 aromatic rings. The molecule has 0 radical (unpaired) electrons. The Morgan fingerprint density at radius 2 is 2.45 bits per heavy atom. The van der Waals surface area contributed by atoms with Gasteiger partial charge in [0.15, 0.2) is 0 Å². The van der Waals surface area contributed by atoms with Crippen molar-refractivity contribution in [2.75, 3.05) is 31.3 Å². The standard InChI is InChI=1S/C7H15NO2S/c8-5-7(10-3-2-9)1-4-11-6-7/h9H,1-6,8H2. The molecule has 1 fully saturated rings. The zero-order chi connectivity index (χ0) is 8.16. The van der Waals surface area contributed by atoms with Crippen LogP contribution in [0.5, 0.6) is 0 Å². The predicted octanol–water partition coefficient (Wildman–Crippen LogP) is -0.170. The molecule has 1 aliphatic heterocycles. The third-order valence-electron chi connectivity index (χ3n) is 1.94. The van der Waals surface area contributed by atoms with E-state index < -0.39 is 0 Å². The number of thioether (sulfide) groups is 1. The van der Waals surface area contributed by atoms with Crippen LogP contribution in [0.1, 0.15) is 6.42 Å². The van der Waals surface area contributed by atoms with Gasteiger partial charge in [-0.2, -0.15) is 11.8 Å². The Morgan fingerprint density at radius 3 is 2.91 bits per heavy atom. The molecule has 1 aliphatic rings. The summed E-state index contributed by atoms with van der Waals surface area (Å²) in [5.41, 5.74) is 5.46. The van der Waals surface area contributed by atoms with Crippen molar-refractivity contribution in [3.8, 4) is 0 Å². The van der Waals surface area contributed by atoms with Crippen molar-refractivity contribution < 1.29 is 9.84 Å². The second-order valence-electron chi connectivity index (χ2n) is 2.76. The van der Waals surface area contributed by atoms with Crippen LogP contribution in [0.2, 0.25) is 0 Å². The van der Waals surface area contributed by atoms with Crippen LogP contribution in [0.3, 0.4) is 0 Å². The average molecular weight is 177 g/mol. The molecule has 66 valence electrons. The Morgan fingerprint density at radius 1 is 1.64 bits per heavy atom. The summed E-state index contributed by atoms with van der Waals surface area (Å²) >= 11 is 1.87. The lowest BCUT2D eigenvalue weighted by atomic mass is 10.0. The van der Waals surface area contributed by atoms with Gasteiger partial charge >= 0.3 is 0 Å². The Labute approximate surface area is 71.3 Å². The Bertz CT molecular complexity index is 115. The zero-order valence-corrected chi connectivity index (χ0v) is 7.40. The van der Waals surface area contributed by atoms with Crippen LogP contribution in [0, 0.1) is 0 Å². The molecule has 3 nitrogen and oxygen atoms in total. The number of aliphatic hydroxyl groups excluding tert-OH is 1. The van der Waals surface area contributed by atoms with E-state index in [0.717, 1.165) is 17.9 Å². The van der Waals surface area contributed by atoms with E-state index in [-0.39, 0.29) is 12.2 Å². The van der Waals surface area contributed by atoms with Crippen LogP contribution < -0.4 is 5.73 Å². The molecule has 11 heavy (non-hydrogen) atoms. The van der Waals surface area contributed by atoms with Crippen molar-refractivity contribution in [1.82, 2.24) is 0 Å². The molecule has 0 bridgehead atoms. The van der Waals surface area contributed by atoms with Gasteiger partial charge in [0.05, 0.1) is 18.8 Å². The third kappa shape index (κ3) is 2.33. The highest BCUT2D eigenvalue weighted by atomic mass is 32.2. The smallest absolute Gasteiger partial charge is 0.0902 e. The first-order valence-electron chi connectivity index (χ1n) is 3.86.